The normalized spacial score (nSPS) is 14.1. The van der Waals surface area contributed by atoms with E-state index >= 15 is 0 Å². The summed E-state index contributed by atoms with van der Waals surface area (Å²) in [5, 5.41) is 9.10. The third-order valence-corrected chi connectivity index (χ3v) is 2.37. The van der Waals surface area contributed by atoms with Crippen LogP contribution in [0.15, 0.2) is 30.9 Å². The Bertz CT molecular complexity index is 445. The van der Waals surface area contributed by atoms with E-state index in [-0.39, 0.29) is 12.2 Å². The average molecular weight is 242 g/mol. The number of carboxylic acid groups (broad SMARTS) is 1. The Morgan fingerprint density at radius 3 is 2.65 bits per heavy atom. The molecular weight excluding hydrogens is 230 g/mol. The van der Waals surface area contributed by atoms with Gasteiger partial charge in [-0.2, -0.15) is 0 Å². The van der Waals surface area contributed by atoms with Crippen LogP contribution < -0.4 is 0 Å². The maximum Gasteiger partial charge on any atom is 0.340 e. The molecule has 1 aromatic rings. The van der Waals surface area contributed by atoms with Crippen molar-refractivity contribution in [1.29, 1.82) is 0 Å². The maximum absolute atomic E-state index is 13.1. The molecule has 0 aliphatic carbocycles. The number of carbonyl (C=O) groups is 1. The first-order chi connectivity index (χ1) is 7.91. The van der Waals surface area contributed by atoms with E-state index in [1.165, 1.54) is 19.1 Å². The number of ether oxygens (including phenoxy) is 1. The van der Waals surface area contributed by atoms with Gasteiger partial charge < -0.3 is 9.84 Å². The van der Waals surface area contributed by atoms with E-state index in [1.54, 1.807) is 0 Å². The fraction of sp³-hybridized carbons (Fsp3) is 0.250. The Hall–Kier alpha value is -1.75. The zero-order valence-electron chi connectivity index (χ0n) is 9.24. The predicted molar refractivity (Wildman–Crippen MR) is 57.5 cm³/mol. The van der Waals surface area contributed by atoms with Gasteiger partial charge in [-0.15, -0.1) is 6.58 Å². The molecule has 0 radical (unpaired) electrons. The van der Waals surface area contributed by atoms with Crippen molar-refractivity contribution in [1.82, 2.24) is 0 Å². The highest BCUT2D eigenvalue weighted by Gasteiger charge is 2.36. The minimum Gasteiger partial charge on any atom is -0.479 e. The lowest BCUT2D eigenvalue weighted by molar-refractivity contribution is -0.163. The Balaban J connectivity index is 3.17. The van der Waals surface area contributed by atoms with Gasteiger partial charge in [0.2, 0.25) is 0 Å². The monoisotopic (exact) mass is 242 g/mol. The summed E-state index contributed by atoms with van der Waals surface area (Å²) in [6.07, 6.45) is 1.38. The molecule has 1 unspecified atom stereocenters. The van der Waals surface area contributed by atoms with E-state index in [0.717, 1.165) is 12.1 Å². The lowest BCUT2D eigenvalue weighted by Crippen LogP contribution is -2.35. The summed E-state index contributed by atoms with van der Waals surface area (Å²) in [6, 6.07) is 2.85. The van der Waals surface area contributed by atoms with Crippen LogP contribution in [0.1, 0.15) is 12.5 Å². The molecule has 0 aromatic heterocycles. The first-order valence-electron chi connectivity index (χ1n) is 4.85. The van der Waals surface area contributed by atoms with Gasteiger partial charge in [0, 0.05) is 0 Å². The number of aliphatic carboxylic acids is 1. The third kappa shape index (κ3) is 2.68. The first kappa shape index (κ1) is 13.3. The van der Waals surface area contributed by atoms with E-state index < -0.39 is 23.2 Å². The van der Waals surface area contributed by atoms with E-state index in [0.29, 0.717) is 0 Å². The molecule has 0 saturated heterocycles. The van der Waals surface area contributed by atoms with Crippen molar-refractivity contribution in [3.05, 3.63) is 48.1 Å². The van der Waals surface area contributed by atoms with Crippen LogP contribution in [0.5, 0.6) is 0 Å². The molecule has 0 amide bonds. The smallest absolute Gasteiger partial charge is 0.340 e. The third-order valence-electron chi connectivity index (χ3n) is 2.37. The molecule has 0 fully saturated rings. The highest BCUT2D eigenvalue weighted by molar-refractivity contribution is 5.79. The Kier molecular flexibility index (Phi) is 3.96. The van der Waals surface area contributed by atoms with Gasteiger partial charge in [0.05, 0.1) is 6.61 Å². The summed E-state index contributed by atoms with van der Waals surface area (Å²) in [5.74, 6) is -3.44. The summed E-state index contributed by atoms with van der Waals surface area (Å²) in [5.41, 5.74) is -1.70. The molecule has 3 nitrogen and oxygen atoms in total. The van der Waals surface area contributed by atoms with Crippen molar-refractivity contribution in [2.45, 2.75) is 12.5 Å². The van der Waals surface area contributed by atoms with Crippen LogP contribution in [0.4, 0.5) is 8.78 Å². The SMILES string of the molecule is C=CCOC(C)(C(=O)O)c1ccc(F)c(F)c1. The predicted octanol–water partition coefficient (Wildman–Crippen LogP) is 2.47. The molecule has 1 N–H and O–H groups in total. The summed E-state index contributed by atoms with van der Waals surface area (Å²) >= 11 is 0. The average Bonchev–Trinajstić information content (AvgIpc) is 2.29. The van der Waals surface area contributed by atoms with Crippen LogP contribution in [-0.2, 0) is 15.1 Å². The number of hydrogen-bond donors (Lipinski definition) is 1. The van der Waals surface area contributed by atoms with Crippen molar-refractivity contribution in [2.75, 3.05) is 6.61 Å². The van der Waals surface area contributed by atoms with Gasteiger partial charge in [0.1, 0.15) is 0 Å². The molecule has 0 bridgehead atoms. The van der Waals surface area contributed by atoms with E-state index in [1.807, 2.05) is 0 Å². The van der Waals surface area contributed by atoms with Crippen molar-refractivity contribution < 1.29 is 23.4 Å². The van der Waals surface area contributed by atoms with Crippen LogP contribution >= 0.6 is 0 Å². The zero-order chi connectivity index (χ0) is 13.1. The lowest BCUT2D eigenvalue weighted by Gasteiger charge is -2.25. The Morgan fingerprint density at radius 2 is 2.18 bits per heavy atom. The van der Waals surface area contributed by atoms with Crippen LogP contribution in [0.25, 0.3) is 0 Å². The van der Waals surface area contributed by atoms with Crippen LogP contribution in [0.3, 0.4) is 0 Å². The number of rotatable bonds is 5. The molecule has 1 rings (SSSR count). The first-order valence-corrected chi connectivity index (χ1v) is 4.85. The van der Waals surface area contributed by atoms with Crippen molar-refractivity contribution in [3.63, 3.8) is 0 Å². The summed E-state index contributed by atoms with van der Waals surface area (Å²) in [7, 11) is 0. The summed E-state index contributed by atoms with van der Waals surface area (Å²) in [4.78, 5) is 11.1. The van der Waals surface area contributed by atoms with Gasteiger partial charge in [-0.1, -0.05) is 12.1 Å². The van der Waals surface area contributed by atoms with Crippen LogP contribution in [-0.4, -0.2) is 17.7 Å². The molecule has 0 spiro atoms. The minimum absolute atomic E-state index is 0.0121. The van der Waals surface area contributed by atoms with Gasteiger partial charge in [-0.3, -0.25) is 0 Å². The zero-order valence-corrected chi connectivity index (χ0v) is 9.24. The molecule has 0 saturated carbocycles. The van der Waals surface area contributed by atoms with Crippen molar-refractivity contribution in [2.24, 2.45) is 0 Å². The van der Waals surface area contributed by atoms with Crippen LogP contribution in [0.2, 0.25) is 0 Å². The number of benzene rings is 1. The molecular formula is C12H12F2O3. The quantitative estimate of drug-likeness (QED) is 0.807. The molecule has 5 heteroatoms. The highest BCUT2D eigenvalue weighted by Crippen LogP contribution is 2.27. The number of hydrogen-bond acceptors (Lipinski definition) is 2. The Morgan fingerprint density at radius 1 is 1.53 bits per heavy atom. The van der Waals surface area contributed by atoms with Crippen LogP contribution in [0, 0.1) is 11.6 Å². The summed E-state index contributed by atoms with van der Waals surface area (Å²) in [6.45, 7) is 4.65. The molecule has 17 heavy (non-hydrogen) atoms. The van der Waals surface area contributed by atoms with Gasteiger partial charge in [-0.25, -0.2) is 13.6 Å². The fourth-order valence-corrected chi connectivity index (χ4v) is 1.29. The standard InChI is InChI=1S/C12H12F2O3/c1-3-6-17-12(2,11(15)16)8-4-5-9(13)10(14)7-8/h3-5,7H,1,6H2,2H3,(H,15,16). The summed E-state index contributed by atoms with van der Waals surface area (Å²) < 4.78 is 30.9. The highest BCUT2D eigenvalue weighted by atomic mass is 19.2. The second-order valence-electron chi connectivity index (χ2n) is 3.57. The van der Waals surface area contributed by atoms with Crippen molar-refractivity contribution in [3.8, 4) is 0 Å². The topological polar surface area (TPSA) is 46.5 Å². The second-order valence-corrected chi connectivity index (χ2v) is 3.57. The largest absolute Gasteiger partial charge is 0.479 e. The molecule has 1 atom stereocenters. The number of carboxylic acids is 1. The molecule has 1 aromatic carbocycles. The second kappa shape index (κ2) is 5.05. The lowest BCUT2D eigenvalue weighted by atomic mass is 9.95. The fourth-order valence-electron chi connectivity index (χ4n) is 1.29. The molecule has 0 aliphatic rings. The minimum atomic E-state index is -1.73. The van der Waals surface area contributed by atoms with E-state index in [9.17, 15) is 13.6 Å². The van der Waals surface area contributed by atoms with Gasteiger partial charge >= 0.3 is 5.97 Å². The Labute approximate surface area is 97.3 Å². The molecule has 92 valence electrons. The van der Waals surface area contributed by atoms with Crippen molar-refractivity contribution >= 4 is 5.97 Å². The van der Waals surface area contributed by atoms with E-state index in [4.69, 9.17) is 9.84 Å². The van der Waals surface area contributed by atoms with E-state index in [2.05, 4.69) is 6.58 Å². The molecule has 0 aliphatic heterocycles. The van der Waals surface area contributed by atoms with Gasteiger partial charge in [0.25, 0.3) is 0 Å². The molecule has 0 heterocycles. The maximum atomic E-state index is 13.1. The van der Waals surface area contributed by atoms with Gasteiger partial charge in [-0.05, 0) is 24.6 Å². The van der Waals surface area contributed by atoms with Gasteiger partial charge in [0.15, 0.2) is 17.2 Å². The number of halogens is 2.